The Balaban J connectivity index is 0.00000320. The van der Waals surface area contributed by atoms with Crippen molar-refractivity contribution in [1.29, 1.82) is 0 Å². The van der Waals surface area contributed by atoms with E-state index in [1.54, 1.807) is 6.07 Å². The molecular weight excluding hydrogens is 500 g/mol. The van der Waals surface area contributed by atoms with Crippen LogP contribution in [-0.4, -0.2) is 79.0 Å². The molecule has 2 heterocycles. The zero-order valence-electron chi connectivity index (χ0n) is 17.7. The van der Waals surface area contributed by atoms with E-state index in [1.807, 2.05) is 20.0 Å². The highest BCUT2D eigenvalue weighted by molar-refractivity contribution is 14.0. The van der Waals surface area contributed by atoms with E-state index in [0.717, 1.165) is 42.5 Å². The van der Waals surface area contributed by atoms with Gasteiger partial charge in [-0.05, 0) is 44.0 Å². The van der Waals surface area contributed by atoms with Crippen LogP contribution in [0.3, 0.4) is 0 Å². The highest BCUT2D eigenvalue weighted by Gasteiger charge is 2.25. The van der Waals surface area contributed by atoms with Crippen LogP contribution in [0.5, 0.6) is 0 Å². The number of ether oxygens (including phenoxy) is 1. The number of fused-ring (bicyclic) bond motifs is 1. The molecular formula is C21H33FIN5O2. The molecule has 2 aromatic rings. The summed E-state index contributed by atoms with van der Waals surface area (Å²) < 4.78 is 18.7. The van der Waals surface area contributed by atoms with E-state index in [1.165, 1.54) is 12.1 Å². The van der Waals surface area contributed by atoms with E-state index < -0.39 is 5.60 Å². The number of H-pyrrole nitrogens is 1. The second kappa shape index (κ2) is 11.8. The van der Waals surface area contributed by atoms with Gasteiger partial charge in [0.15, 0.2) is 5.96 Å². The smallest absolute Gasteiger partial charge is 0.191 e. The molecule has 1 unspecified atom stereocenters. The maximum Gasteiger partial charge on any atom is 0.191 e. The lowest BCUT2D eigenvalue weighted by Crippen LogP contribution is -2.48. The van der Waals surface area contributed by atoms with Gasteiger partial charge in [0.2, 0.25) is 0 Å². The first kappa shape index (κ1) is 24.8. The van der Waals surface area contributed by atoms with Crippen molar-refractivity contribution < 1.29 is 14.2 Å². The minimum absolute atomic E-state index is 0. The van der Waals surface area contributed by atoms with Crippen molar-refractivity contribution in [3.63, 3.8) is 0 Å². The van der Waals surface area contributed by atoms with Crippen molar-refractivity contribution in [3.05, 3.63) is 35.8 Å². The molecule has 1 aromatic heterocycles. The molecule has 0 amide bonds. The van der Waals surface area contributed by atoms with Crippen LogP contribution < -0.4 is 10.6 Å². The highest BCUT2D eigenvalue weighted by atomic mass is 127. The Labute approximate surface area is 194 Å². The Bertz CT molecular complexity index is 821. The molecule has 0 radical (unpaired) electrons. The summed E-state index contributed by atoms with van der Waals surface area (Å²) in [4.78, 5) is 9.90. The summed E-state index contributed by atoms with van der Waals surface area (Å²) in [7, 11) is 0. The lowest BCUT2D eigenvalue weighted by Gasteiger charge is -2.33. The minimum atomic E-state index is -0.902. The molecule has 168 valence electrons. The van der Waals surface area contributed by atoms with E-state index in [4.69, 9.17) is 4.74 Å². The van der Waals surface area contributed by atoms with Gasteiger partial charge in [0.1, 0.15) is 5.82 Å². The number of rotatable bonds is 8. The van der Waals surface area contributed by atoms with E-state index in [9.17, 15) is 9.50 Å². The van der Waals surface area contributed by atoms with Crippen LogP contribution in [0.4, 0.5) is 4.39 Å². The molecule has 1 aromatic carbocycles. The van der Waals surface area contributed by atoms with Crippen LogP contribution in [0.1, 0.15) is 19.4 Å². The van der Waals surface area contributed by atoms with Crippen molar-refractivity contribution in [2.75, 3.05) is 52.5 Å². The number of hydrogen-bond acceptors (Lipinski definition) is 4. The van der Waals surface area contributed by atoms with Crippen LogP contribution in [0.15, 0.2) is 29.4 Å². The number of aliphatic imine (C=N–C) groups is 1. The summed E-state index contributed by atoms with van der Waals surface area (Å²) in [5, 5.41) is 18.3. The van der Waals surface area contributed by atoms with Crippen molar-refractivity contribution in [2.24, 2.45) is 4.99 Å². The molecule has 7 nitrogen and oxygen atoms in total. The number of nitrogens with one attached hydrogen (secondary N) is 3. The van der Waals surface area contributed by atoms with Crippen LogP contribution in [-0.2, 0) is 11.2 Å². The maximum absolute atomic E-state index is 13.3. The molecule has 1 fully saturated rings. The minimum Gasteiger partial charge on any atom is -0.387 e. The summed E-state index contributed by atoms with van der Waals surface area (Å²) in [6.45, 7) is 9.24. The fourth-order valence-electron chi connectivity index (χ4n) is 3.56. The van der Waals surface area contributed by atoms with Crippen LogP contribution in [0, 0.1) is 5.82 Å². The third-order valence-corrected chi connectivity index (χ3v) is 5.01. The molecule has 0 bridgehead atoms. The van der Waals surface area contributed by atoms with E-state index in [0.29, 0.717) is 38.8 Å². The second-order valence-electron chi connectivity index (χ2n) is 7.76. The largest absolute Gasteiger partial charge is 0.387 e. The van der Waals surface area contributed by atoms with E-state index in [2.05, 4.69) is 25.5 Å². The van der Waals surface area contributed by atoms with Gasteiger partial charge in [-0.3, -0.25) is 9.89 Å². The van der Waals surface area contributed by atoms with Gasteiger partial charge in [0.25, 0.3) is 0 Å². The lowest BCUT2D eigenvalue weighted by atomic mass is 10.1. The van der Waals surface area contributed by atoms with Gasteiger partial charge in [-0.1, -0.05) is 0 Å². The number of guanidine groups is 1. The standard InChI is InChI=1S/C21H32FN5O2.HI/c1-3-23-20(26-14-21(2,28)15-27-8-10-29-11-9-27)24-7-6-16-13-25-19-12-17(22)4-5-18(16)19;/h4-5,12-13,25,28H,3,6-11,14-15H2,1-2H3,(H2,23,24,26);1H. The molecule has 0 spiro atoms. The predicted octanol–water partition coefficient (Wildman–Crippen LogP) is 2.11. The topological polar surface area (TPSA) is 84.9 Å². The van der Waals surface area contributed by atoms with Gasteiger partial charge >= 0.3 is 0 Å². The molecule has 1 aliphatic rings. The summed E-state index contributed by atoms with van der Waals surface area (Å²) >= 11 is 0. The lowest BCUT2D eigenvalue weighted by molar-refractivity contribution is -0.0179. The van der Waals surface area contributed by atoms with Gasteiger partial charge in [-0.15, -0.1) is 24.0 Å². The molecule has 9 heteroatoms. The molecule has 1 atom stereocenters. The van der Waals surface area contributed by atoms with Crippen molar-refractivity contribution in [1.82, 2.24) is 20.5 Å². The van der Waals surface area contributed by atoms with Gasteiger partial charge < -0.3 is 25.5 Å². The Hall–Kier alpha value is -1.43. The van der Waals surface area contributed by atoms with E-state index >= 15 is 0 Å². The SMILES string of the molecule is CCNC(=NCC(C)(O)CN1CCOCC1)NCCc1c[nH]c2cc(F)ccc12.I. The molecule has 4 N–H and O–H groups in total. The van der Waals surface area contributed by atoms with Crippen LogP contribution >= 0.6 is 24.0 Å². The summed E-state index contributed by atoms with van der Waals surface area (Å²) in [6.07, 6.45) is 2.70. The average Bonchev–Trinajstić information content (AvgIpc) is 3.08. The first-order valence-corrected chi connectivity index (χ1v) is 10.3. The van der Waals surface area contributed by atoms with Crippen LogP contribution in [0.25, 0.3) is 10.9 Å². The third kappa shape index (κ3) is 7.36. The van der Waals surface area contributed by atoms with Gasteiger partial charge in [0, 0.05) is 49.8 Å². The second-order valence-corrected chi connectivity index (χ2v) is 7.76. The van der Waals surface area contributed by atoms with Crippen molar-refractivity contribution >= 4 is 40.8 Å². The zero-order chi connectivity index (χ0) is 20.7. The quantitative estimate of drug-likeness (QED) is 0.238. The number of nitrogens with zero attached hydrogens (tertiary/aromatic N) is 2. The Morgan fingerprint density at radius 2 is 2.10 bits per heavy atom. The van der Waals surface area contributed by atoms with Crippen molar-refractivity contribution in [3.8, 4) is 0 Å². The molecule has 1 aliphatic heterocycles. The average molecular weight is 533 g/mol. The van der Waals surface area contributed by atoms with Gasteiger partial charge in [0.05, 0.1) is 25.4 Å². The molecule has 30 heavy (non-hydrogen) atoms. The number of morpholine rings is 1. The summed E-state index contributed by atoms with van der Waals surface area (Å²) in [5.74, 6) is 0.440. The van der Waals surface area contributed by atoms with Crippen molar-refractivity contribution in [2.45, 2.75) is 25.9 Å². The number of β-amino-alcohol motifs (C(OH)–C–C–N with tert-alkyl or cyclic N) is 1. The first-order chi connectivity index (χ1) is 14.0. The normalized spacial score (nSPS) is 17.4. The van der Waals surface area contributed by atoms with Gasteiger partial charge in [-0.25, -0.2) is 4.39 Å². The fraction of sp³-hybridized carbons (Fsp3) is 0.571. The monoisotopic (exact) mass is 533 g/mol. The number of aromatic nitrogens is 1. The maximum atomic E-state index is 13.3. The molecule has 0 aliphatic carbocycles. The summed E-state index contributed by atoms with van der Waals surface area (Å²) in [6, 6.07) is 4.79. The zero-order valence-corrected chi connectivity index (χ0v) is 20.0. The van der Waals surface area contributed by atoms with Crippen LogP contribution in [0.2, 0.25) is 0 Å². The number of benzene rings is 1. The predicted molar refractivity (Wildman–Crippen MR) is 129 cm³/mol. The number of aromatic amines is 1. The molecule has 3 rings (SSSR count). The number of aliphatic hydroxyl groups is 1. The molecule has 0 saturated carbocycles. The fourth-order valence-corrected chi connectivity index (χ4v) is 3.56. The Kier molecular flexibility index (Phi) is 9.79. The third-order valence-electron chi connectivity index (χ3n) is 5.01. The first-order valence-electron chi connectivity index (χ1n) is 10.3. The van der Waals surface area contributed by atoms with E-state index in [-0.39, 0.29) is 29.8 Å². The number of halogens is 2. The van der Waals surface area contributed by atoms with Gasteiger partial charge in [-0.2, -0.15) is 0 Å². The Morgan fingerprint density at radius 1 is 1.33 bits per heavy atom. The Morgan fingerprint density at radius 3 is 2.83 bits per heavy atom. The molecule has 1 saturated heterocycles. The summed E-state index contributed by atoms with van der Waals surface area (Å²) in [5.41, 5.74) is 1.03. The number of hydrogen-bond donors (Lipinski definition) is 4. The highest BCUT2D eigenvalue weighted by Crippen LogP contribution is 2.19.